The third-order valence-electron chi connectivity index (χ3n) is 7.31. The number of piperazine rings is 1. The predicted molar refractivity (Wildman–Crippen MR) is 152 cm³/mol. The van der Waals surface area contributed by atoms with Gasteiger partial charge in [-0.2, -0.15) is 18.4 Å². The van der Waals surface area contributed by atoms with Gasteiger partial charge in [-0.05, 0) is 35.4 Å². The van der Waals surface area contributed by atoms with Crippen molar-refractivity contribution in [3.63, 3.8) is 0 Å². The fraction of sp³-hybridized carbons (Fsp3) is 0.345. The summed E-state index contributed by atoms with van der Waals surface area (Å²) in [5.41, 5.74) is -1.15. The number of H-pyrrole nitrogens is 1. The molecule has 0 atom stereocenters. The van der Waals surface area contributed by atoms with Crippen molar-refractivity contribution in [3.05, 3.63) is 104 Å². The van der Waals surface area contributed by atoms with E-state index in [1.54, 1.807) is 12.2 Å². The van der Waals surface area contributed by atoms with Crippen LogP contribution in [-0.2, 0) is 25.8 Å². The minimum atomic E-state index is -4.82. The Hall–Kier alpha value is -4.59. The Kier molecular flexibility index (Phi) is 8.85. The Balaban J connectivity index is 1.40. The van der Waals surface area contributed by atoms with E-state index in [0.717, 1.165) is 38.5 Å². The van der Waals surface area contributed by atoms with Crippen molar-refractivity contribution in [1.82, 2.24) is 34.7 Å². The molecule has 2 aromatic carbocycles. The first-order chi connectivity index (χ1) is 20.7. The van der Waals surface area contributed by atoms with Gasteiger partial charge in [0.15, 0.2) is 0 Å². The molecule has 1 fully saturated rings. The Morgan fingerprint density at radius 1 is 1.00 bits per heavy atom. The fourth-order valence-corrected chi connectivity index (χ4v) is 5.13. The molecule has 10 nitrogen and oxygen atoms in total. The summed E-state index contributed by atoms with van der Waals surface area (Å²) in [5, 5.41) is 14.1. The second-order valence-electron chi connectivity index (χ2n) is 10.2. The van der Waals surface area contributed by atoms with Gasteiger partial charge in [0.1, 0.15) is 11.5 Å². The van der Waals surface area contributed by atoms with Gasteiger partial charge in [0.2, 0.25) is 5.82 Å². The monoisotopic (exact) mass is 598 g/mol. The summed E-state index contributed by atoms with van der Waals surface area (Å²) < 4.78 is 57.7. The lowest BCUT2D eigenvalue weighted by molar-refractivity contribution is -0.138. The molecule has 14 heteroatoms. The molecule has 0 radical (unpaired) electrons. The summed E-state index contributed by atoms with van der Waals surface area (Å²) in [6.45, 7) is 3.86. The van der Waals surface area contributed by atoms with Gasteiger partial charge in [-0.25, -0.2) is 9.18 Å². The van der Waals surface area contributed by atoms with E-state index in [2.05, 4.69) is 25.5 Å². The summed E-state index contributed by atoms with van der Waals surface area (Å²) in [7, 11) is 0. The molecule has 1 aliphatic rings. The molecule has 226 valence electrons. The number of aromatic amines is 1. The van der Waals surface area contributed by atoms with E-state index in [9.17, 15) is 27.2 Å². The first-order valence-electron chi connectivity index (χ1n) is 13.8. The van der Waals surface area contributed by atoms with Crippen LogP contribution in [-0.4, -0.2) is 60.8 Å². The van der Waals surface area contributed by atoms with Crippen molar-refractivity contribution < 1.29 is 17.6 Å². The maximum atomic E-state index is 14.7. The number of aromatic nitrogens is 6. The number of hydrogen-bond acceptors (Lipinski definition) is 7. The van der Waals surface area contributed by atoms with Crippen molar-refractivity contribution >= 4 is 5.69 Å². The second kappa shape index (κ2) is 12.7. The lowest BCUT2D eigenvalue weighted by Gasteiger charge is -2.36. The van der Waals surface area contributed by atoms with Gasteiger partial charge in [0.25, 0.3) is 5.56 Å². The van der Waals surface area contributed by atoms with Crippen molar-refractivity contribution in [2.24, 2.45) is 0 Å². The largest absolute Gasteiger partial charge is 0.416 e. The molecule has 4 aromatic rings. The molecule has 0 amide bonds. The Morgan fingerprint density at radius 2 is 1.77 bits per heavy atom. The number of halogens is 4. The van der Waals surface area contributed by atoms with E-state index in [1.165, 1.54) is 6.20 Å². The summed E-state index contributed by atoms with van der Waals surface area (Å²) in [5.74, 6) is -0.589. The van der Waals surface area contributed by atoms with Crippen LogP contribution in [0, 0.1) is 5.82 Å². The van der Waals surface area contributed by atoms with E-state index in [1.807, 2.05) is 36.1 Å². The summed E-state index contributed by atoms with van der Waals surface area (Å²) >= 11 is 0. The molecule has 5 rings (SSSR count). The number of nitrogens with one attached hydrogen (secondary N) is 1. The highest BCUT2D eigenvalue weighted by atomic mass is 19.4. The molecule has 0 aliphatic carbocycles. The maximum Gasteiger partial charge on any atom is 0.416 e. The number of tetrazole rings is 1. The minimum Gasteiger partial charge on any atom is -0.363 e. The topological polar surface area (TPSA) is 105 Å². The lowest BCUT2D eigenvalue weighted by atomic mass is 10.1. The van der Waals surface area contributed by atoms with E-state index < -0.39 is 40.9 Å². The van der Waals surface area contributed by atoms with Crippen LogP contribution in [0.2, 0.25) is 0 Å². The number of anilines is 1. The quantitative estimate of drug-likeness (QED) is 0.232. The van der Waals surface area contributed by atoms with Crippen LogP contribution in [0.4, 0.5) is 23.2 Å². The number of nitrogens with zero attached hydrogens (tertiary/aromatic N) is 7. The number of hydrogen-bond donors (Lipinski definition) is 1. The zero-order valence-electron chi connectivity index (χ0n) is 23.4. The number of alkyl halides is 3. The Labute approximate surface area is 243 Å². The minimum absolute atomic E-state index is 0.0561. The zero-order chi connectivity index (χ0) is 30.6. The van der Waals surface area contributed by atoms with Crippen LogP contribution < -0.4 is 16.1 Å². The highest BCUT2D eigenvalue weighted by Gasteiger charge is 2.35. The molecule has 43 heavy (non-hydrogen) atoms. The normalized spacial score (nSPS) is 14.6. The van der Waals surface area contributed by atoms with Gasteiger partial charge in [-0.1, -0.05) is 43.3 Å². The average molecular weight is 599 g/mol. The molecule has 1 aliphatic heterocycles. The third-order valence-corrected chi connectivity index (χ3v) is 7.31. The number of allylic oxidation sites excluding steroid dienone is 2. The molecule has 0 bridgehead atoms. The van der Waals surface area contributed by atoms with Gasteiger partial charge < -0.3 is 4.90 Å². The molecule has 3 heterocycles. The molecular weight excluding hydrogens is 568 g/mol. The van der Waals surface area contributed by atoms with Gasteiger partial charge in [0, 0.05) is 56.6 Å². The van der Waals surface area contributed by atoms with E-state index in [0.29, 0.717) is 45.0 Å². The van der Waals surface area contributed by atoms with E-state index in [-0.39, 0.29) is 12.2 Å². The first-order valence-corrected chi connectivity index (χ1v) is 13.8. The van der Waals surface area contributed by atoms with Crippen LogP contribution in [0.5, 0.6) is 0 Å². The summed E-state index contributed by atoms with van der Waals surface area (Å²) in [6, 6.07) is 10.5. The Morgan fingerprint density at radius 3 is 2.47 bits per heavy atom. The van der Waals surface area contributed by atoms with Crippen LogP contribution in [0.3, 0.4) is 0 Å². The van der Waals surface area contributed by atoms with Crippen LogP contribution in [0.25, 0.3) is 11.4 Å². The van der Waals surface area contributed by atoms with Crippen molar-refractivity contribution in [3.8, 4) is 11.4 Å². The molecule has 0 saturated carbocycles. The van der Waals surface area contributed by atoms with E-state index >= 15 is 0 Å². The van der Waals surface area contributed by atoms with Gasteiger partial charge >= 0.3 is 11.9 Å². The predicted octanol–water partition coefficient (Wildman–Crippen LogP) is 3.68. The van der Waals surface area contributed by atoms with Gasteiger partial charge in [-0.15, -0.1) is 10.2 Å². The molecule has 0 spiro atoms. The van der Waals surface area contributed by atoms with Crippen molar-refractivity contribution in [2.45, 2.75) is 39.2 Å². The Bertz CT molecular complexity index is 1700. The van der Waals surface area contributed by atoms with Crippen LogP contribution >= 0.6 is 0 Å². The molecule has 1 saturated heterocycles. The number of rotatable bonds is 9. The maximum absolute atomic E-state index is 14.7. The standard InChI is InChI=1S/C29H30F4N8O2/c1-2-3-4-11-41-27(42)25(19-40(28(41)43)18-22-23(29(31,32)33)9-6-10-24(22)30)39-14-12-38(13-15-39)17-20-7-5-8-21(16-20)26-34-36-37-35-26/h3-10,16,19H,2,11-15,17-18H2,1H3,(H,34,35,36,37)/b4-3-. The number of benzene rings is 2. The first kappa shape index (κ1) is 29.9. The van der Waals surface area contributed by atoms with E-state index in [4.69, 9.17) is 0 Å². The third kappa shape index (κ3) is 6.74. The van der Waals surface area contributed by atoms with Gasteiger partial charge in [0.05, 0.1) is 12.1 Å². The molecule has 0 unspecified atom stereocenters. The van der Waals surface area contributed by atoms with Crippen molar-refractivity contribution in [2.75, 3.05) is 31.1 Å². The smallest absolute Gasteiger partial charge is 0.363 e. The summed E-state index contributed by atoms with van der Waals surface area (Å²) in [4.78, 5) is 30.8. The van der Waals surface area contributed by atoms with Crippen molar-refractivity contribution in [1.29, 1.82) is 0 Å². The second-order valence-corrected chi connectivity index (χ2v) is 10.2. The average Bonchev–Trinajstić information content (AvgIpc) is 3.53. The van der Waals surface area contributed by atoms with Crippen LogP contribution in [0.1, 0.15) is 30.0 Å². The van der Waals surface area contributed by atoms with Gasteiger partial charge in [-0.3, -0.25) is 18.8 Å². The zero-order valence-corrected chi connectivity index (χ0v) is 23.4. The molecule has 2 aromatic heterocycles. The highest BCUT2D eigenvalue weighted by molar-refractivity contribution is 5.55. The fourth-order valence-electron chi connectivity index (χ4n) is 5.13. The summed E-state index contributed by atoms with van der Waals surface area (Å²) in [6.07, 6.45) is 0.549. The lowest BCUT2D eigenvalue weighted by Crippen LogP contribution is -2.50. The van der Waals surface area contributed by atoms with Crippen LogP contribution in [0.15, 0.2) is 70.4 Å². The molecular formula is C29H30F4N8O2. The molecule has 1 N–H and O–H groups in total. The highest BCUT2D eigenvalue weighted by Crippen LogP contribution is 2.33. The SMILES string of the molecule is CC/C=C\Cn1c(=O)c(N2CCN(Cc3cccc(-c4nn[nH]n4)c3)CC2)cn(Cc2c(F)cccc2C(F)(F)F)c1=O.